The van der Waals surface area contributed by atoms with Crippen LogP contribution in [0, 0.1) is 0 Å². The zero-order chi connectivity index (χ0) is 40.3. The van der Waals surface area contributed by atoms with Crippen molar-refractivity contribution in [3.8, 4) is 50.7 Å². The van der Waals surface area contributed by atoms with E-state index in [4.69, 9.17) is 9.97 Å². The normalized spacial score (nSPS) is 12.2. The van der Waals surface area contributed by atoms with Crippen molar-refractivity contribution in [1.29, 1.82) is 0 Å². The third-order valence-corrected chi connectivity index (χ3v) is 12.9. The average Bonchev–Trinajstić information content (AvgIpc) is 3.69. The monoisotopic (exact) mass is 796 g/mol. The van der Waals surface area contributed by atoms with Crippen LogP contribution in [0.4, 0.5) is 17.1 Å². The van der Waals surface area contributed by atoms with Crippen LogP contribution in [0.2, 0.25) is 0 Å². The molecule has 0 N–H and O–H groups in total. The summed E-state index contributed by atoms with van der Waals surface area (Å²) in [5, 5.41) is 4.94. The summed E-state index contributed by atoms with van der Waals surface area (Å²) >= 11 is 1.84. The van der Waals surface area contributed by atoms with Crippen LogP contribution in [-0.4, -0.2) is 14.5 Å². The molecule has 1 aliphatic heterocycles. The fraction of sp³-hybridized carbons (Fsp3) is 0. The average molecular weight is 797 g/mol. The van der Waals surface area contributed by atoms with E-state index in [-0.39, 0.29) is 0 Å². The number of nitrogens with zero attached hydrogens (tertiary/aromatic N) is 4. The smallest absolute Gasteiger partial charge is 0.160 e. The highest BCUT2D eigenvalue weighted by molar-refractivity contribution is 7.99. The minimum atomic E-state index is 0.703. The van der Waals surface area contributed by atoms with Crippen LogP contribution >= 0.6 is 11.8 Å². The predicted molar refractivity (Wildman–Crippen MR) is 254 cm³/mol. The second-order valence-corrected chi connectivity index (χ2v) is 16.5. The standard InChI is InChI=1S/C56H36N4S/c1-4-17-38(18-5-1)46-36-47(58-56(57-46)39-19-6-2-7-20-39)41-21-14-24-43(34-41)60-50-28-15-26-45(55(50)54-44-25-11-10-16-37(44)30-33-51(54)60)40-31-32-49-53(35-40)61-52-29-13-12-27-48(52)59(49)42-22-8-3-9-23-42/h1-36H. The van der Waals surface area contributed by atoms with Gasteiger partial charge in [0.15, 0.2) is 5.82 Å². The molecule has 3 heterocycles. The zero-order valence-corrected chi connectivity index (χ0v) is 33.8. The molecule has 4 nitrogen and oxygen atoms in total. The Morgan fingerprint density at radius 2 is 1.02 bits per heavy atom. The SMILES string of the molecule is c1ccc(-c2cc(-c3cccc(-n4c5cccc(-c6ccc7c(c6)Sc6ccccc6N7c6ccccc6)c5c5c6ccccc6ccc54)c3)nc(-c3ccccc3)n2)cc1. The highest BCUT2D eigenvalue weighted by atomic mass is 32.2. The maximum Gasteiger partial charge on any atom is 0.160 e. The Kier molecular flexibility index (Phi) is 8.39. The number of aromatic nitrogens is 3. The molecule has 11 aromatic rings. The fourth-order valence-electron chi connectivity index (χ4n) is 9.00. The minimum absolute atomic E-state index is 0.703. The lowest BCUT2D eigenvalue weighted by Crippen LogP contribution is -2.14. The van der Waals surface area contributed by atoms with Crippen molar-refractivity contribution in [3.63, 3.8) is 0 Å². The van der Waals surface area contributed by atoms with Gasteiger partial charge in [-0.3, -0.25) is 0 Å². The summed E-state index contributed by atoms with van der Waals surface area (Å²) < 4.78 is 2.43. The van der Waals surface area contributed by atoms with E-state index in [0.717, 1.165) is 50.5 Å². The summed E-state index contributed by atoms with van der Waals surface area (Å²) in [6, 6.07) is 78.0. The van der Waals surface area contributed by atoms with Crippen molar-refractivity contribution >= 4 is 61.4 Å². The number of para-hydroxylation sites is 2. The number of hydrogen-bond donors (Lipinski definition) is 0. The van der Waals surface area contributed by atoms with E-state index in [0.29, 0.717) is 5.82 Å². The Bertz CT molecular complexity index is 3390. The van der Waals surface area contributed by atoms with Crippen LogP contribution in [0.3, 0.4) is 0 Å². The first-order valence-corrected chi connectivity index (χ1v) is 21.4. The lowest BCUT2D eigenvalue weighted by molar-refractivity contribution is 1.16. The molecular weight excluding hydrogens is 761 g/mol. The van der Waals surface area contributed by atoms with Crippen LogP contribution in [-0.2, 0) is 0 Å². The summed E-state index contributed by atoms with van der Waals surface area (Å²) in [6.45, 7) is 0. The van der Waals surface area contributed by atoms with Gasteiger partial charge < -0.3 is 9.47 Å². The van der Waals surface area contributed by atoms with Gasteiger partial charge in [-0.05, 0) is 88.6 Å². The molecule has 2 aromatic heterocycles. The molecule has 0 unspecified atom stereocenters. The van der Waals surface area contributed by atoms with E-state index in [1.165, 1.54) is 53.8 Å². The summed E-state index contributed by atoms with van der Waals surface area (Å²) in [6.07, 6.45) is 0. The molecule has 0 bridgehead atoms. The van der Waals surface area contributed by atoms with Gasteiger partial charge in [-0.1, -0.05) is 163 Å². The molecule has 12 rings (SSSR count). The minimum Gasteiger partial charge on any atom is -0.309 e. The van der Waals surface area contributed by atoms with Gasteiger partial charge in [-0.2, -0.15) is 0 Å². The molecule has 1 aliphatic rings. The molecule has 0 saturated carbocycles. The molecule has 61 heavy (non-hydrogen) atoms. The van der Waals surface area contributed by atoms with Crippen molar-refractivity contribution < 1.29 is 0 Å². The first-order valence-electron chi connectivity index (χ1n) is 20.6. The van der Waals surface area contributed by atoms with Crippen LogP contribution in [0.5, 0.6) is 0 Å². The Morgan fingerprint density at radius 1 is 0.377 bits per heavy atom. The van der Waals surface area contributed by atoms with E-state index in [9.17, 15) is 0 Å². The van der Waals surface area contributed by atoms with Gasteiger partial charge in [0.05, 0.1) is 33.8 Å². The Balaban J connectivity index is 1.06. The van der Waals surface area contributed by atoms with Gasteiger partial charge in [-0.25, -0.2) is 9.97 Å². The highest BCUT2D eigenvalue weighted by Gasteiger charge is 2.26. The largest absolute Gasteiger partial charge is 0.309 e. The summed E-state index contributed by atoms with van der Waals surface area (Å²) in [5.74, 6) is 0.703. The highest BCUT2D eigenvalue weighted by Crippen LogP contribution is 2.53. The second-order valence-electron chi connectivity index (χ2n) is 15.4. The molecule has 0 aliphatic carbocycles. The summed E-state index contributed by atoms with van der Waals surface area (Å²) in [7, 11) is 0. The van der Waals surface area contributed by atoms with Crippen molar-refractivity contribution in [3.05, 3.63) is 218 Å². The van der Waals surface area contributed by atoms with E-state index in [1.807, 2.05) is 36.0 Å². The molecule has 9 aromatic carbocycles. The number of fused-ring (bicyclic) bond motifs is 7. The molecule has 0 spiro atoms. The Labute approximate surface area is 358 Å². The number of rotatable bonds is 6. The summed E-state index contributed by atoms with van der Waals surface area (Å²) in [5.41, 5.74) is 14.1. The molecule has 0 amide bonds. The molecular formula is C56H36N4S. The topological polar surface area (TPSA) is 34.0 Å². The van der Waals surface area contributed by atoms with Gasteiger partial charge in [0, 0.05) is 48.6 Å². The molecule has 0 saturated heterocycles. The molecule has 0 fully saturated rings. The van der Waals surface area contributed by atoms with Gasteiger partial charge >= 0.3 is 0 Å². The van der Waals surface area contributed by atoms with Gasteiger partial charge in [0.1, 0.15) is 0 Å². The lowest BCUT2D eigenvalue weighted by atomic mass is 9.96. The molecule has 286 valence electrons. The maximum atomic E-state index is 5.19. The van der Waals surface area contributed by atoms with Crippen LogP contribution in [0.25, 0.3) is 83.3 Å². The maximum absolute atomic E-state index is 5.19. The van der Waals surface area contributed by atoms with Gasteiger partial charge in [-0.15, -0.1) is 0 Å². The lowest BCUT2D eigenvalue weighted by Gasteiger charge is -2.33. The Hall–Kier alpha value is -7.73. The van der Waals surface area contributed by atoms with Crippen molar-refractivity contribution in [2.24, 2.45) is 0 Å². The molecule has 5 heteroatoms. The van der Waals surface area contributed by atoms with Crippen LogP contribution < -0.4 is 4.90 Å². The first kappa shape index (κ1) is 35.2. The van der Waals surface area contributed by atoms with E-state index >= 15 is 0 Å². The quantitative estimate of drug-likeness (QED) is 0.168. The fourth-order valence-corrected chi connectivity index (χ4v) is 10.1. The van der Waals surface area contributed by atoms with E-state index in [1.54, 1.807) is 0 Å². The molecule has 0 radical (unpaired) electrons. The second kappa shape index (κ2) is 14.5. The third-order valence-electron chi connectivity index (χ3n) is 11.8. The third kappa shape index (κ3) is 6.01. The number of benzene rings is 9. The van der Waals surface area contributed by atoms with E-state index in [2.05, 4.69) is 204 Å². The van der Waals surface area contributed by atoms with Crippen LogP contribution in [0.15, 0.2) is 228 Å². The van der Waals surface area contributed by atoms with Crippen molar-refractivity contribution in [1.82, 2.24) is 14.5 Å². The van der Waals surface area contributed by atoms with Crippen molar-refractivity contribution in [2.45, 2.75) is 9.79 Å². The van der Waals surface area contributed by atoms with Gasteiger partial charge in [0.2, 0.25) is 0 Å². The number of anilines is 3. The van der Waals surface area contributed by atoms with Crippen LogP contribution in [0.1, 0.15) is 0 Å². The van der Waals surface area contributed by atoms with Crippen molar-refractivity contribution in [2.75, 3.05) is 4.90 Å². The first-order chi connectivity index (χ1) is 30.2. The predicted octanol–water partition coefficient (Wildman–Crippen LogP) is 15.3. The van der Waals surface area contributed by atoms with Gasteiger partial charge in [0.25, 0.3) is 0 Å². The summed E-state index contributed by atoms with van der Waals surface area (Å²) in [4.78, 5) is 15.1. The van der Waals surface area contributed by atoms with E-state index < -0.39 is 0 Å². The molecule has 0 atom stereocenters. The Morgan fingerprint density at radius 3 is 1.85 bits per heavy atom. The zero-order valence-electron chi connectivity index (χ0n) is 33.0. The number of hydrogen-bond acceptors (Lipinski definition) is 4.